The van der Waals surface area contributed by atoms with Gasteiger partial charge in [-0.15, -0.1) is 0 Å². The highest BCUT2D eigenvalue weighted by Gasteiger charge is 2.19. The largest absolute Gasteiger partial charge is 0.456 e. The van der Waals surface area contributed by atoms with E-state index < -0.39 is 0 Å². The van der Waals surface area contributed by atoms with Crippen LogP contribution in [0.25, 0.3) is 94.7 Å². The van der Waals surface area contributed by atoms with E-state index >= 15 is 0 Å². The van der Waals surface area contributed by atoms with Crippen LogP contribution >= 0.6 is 0 Å². The van der Waals surface area contributed by atoms with Crippen LogP contribution in [-0.2, 0) is 0 Å². The molecule has 1 aliphatic carbocycles. The molecule has 0 fully saturated rings. The molecule has 0 N–H and O–H groups in total. The maximum absolute atomic E-state index is 6.26. The van der Waals surface area contributed by atoms with E-state index in [4.69, 9.17) is 19.4 Å². The van der Waals surface area contributed by atoms with Gasteiger partial charge in [-0.25, -0.2) is 15.0 Å². The molecule has 1 aliphatic rings. The van der Waals surface area contributed by atoms with Gasteiger partial charge in [0.1, 0.15) is 11.2 Å². The van der Waals surface area contributed by atoms with Crippen molar-refractivity contribution in [1.29, 1.82) is 0 Å². The van der Waals surface area contributed by atoms with E-state index in [2.05, 4.69) is 134 Å². The minimum atomic E-state index is 0.603. The molecule has 7 aromatic carbocycles. The number of hydrogen-bond acceptors (Lipinski definition) is 4. The maximum Gasteiger partial charge on any atom is 0.164 e. The van der Waals surface area contributed by atoms with Gasteiger partial charge < -0.3 is 4.42 Å². The van der Waals surface area contributed by atoms with Gasteiger partial charge in [-0.2, -0.15) is 0 Å². The summed E-state index contributed by atoms with van der Waals surface area (Å²) >= 11 is 0. The Bertz CT molecular complexity index is 2900. The molecule has 1 unspecified atom stereocenters. The van der Waals surface area contributed by atoms with Crippen molar-refractivity contribution in [3.8, 4) is 56.4 Å². The van der Waals surface area contributed by atoms with Gasteiger partial charge in [0.25, 0.3) is 0 Å². The summed E-state index contributed by atoms with van der Waals surface area (Å²) in [5, 5.41) is 4.42. The summed E-state index contributed by atoms with van der Waals surface area (Å²) in [7, 11) is 0. The van der Waals surface area contributed by atoms with E-state index in [-0.39, 0.29) is 0 Å². The average Bonchev–Trinajstić information content (AvgIpc) is 3.63. The first-order valence-corrected chi connectivity index (χ1v) is 18.5. The van der Waals surface area contributed by atoms with Crippen molar-refractivity contribution in [2.45, 2.75) is 13.3 Å². The highest BCUT2D eigenvalue weighted by molar-refractivity contribution is 6.16. The SMILES string of the molecule is CC1C=CC(c2ccc(-c3ccc(-c4nc(-c5ccccc5)nc(-c5ccc(-c6cccc7oc8ccccc8c67)c6ccccc56)n4)cc3)cc2)=CC1. The molecule has 0 aliphatic heterocycles. The van der Waals surface area contributed by atoms with Crippen molar-refractivity contribution in [3.05, 3.63) is 182 Å². The lowest BCUT2D eigenvalue weighted by atomic mass is 9.92. The molecular weight excluding hydrogens is 659 g/mol. The molecule has 2 aromatic heterocycles. The summed E-state index contributed by atoms with van der Waals surface area (Å²) in [4.78, 5) is 15.3. The van der Waals surface area contributed by atoms with Gasteiger partial charge in [0.2, 0.25) is 0 Å². The van der Waals surface area contributed by atoms with Crippen molar-refractivity contribution in [3.63, 3.8) is 0 Å². The molecular formula is C50H35N3O. The molecule has 10 rings (SSSR count). The number of aromatic nitrogens is 3. The van der Waals surface area contributed by atoms with Crippen LogP contribution < -0.4 is 0 Å². The van der Waals surface area contributed by atoms with Crippen LogP contribution in [0.3, 0.4) is 0 Å². The second-order valence-electron chi connectivity index (χ2n) is 14.0. The molecule has 256 valence electrons. The van der Waals surface area contributed by atoms with Crippen LogP contribution in [0.2, 0.25) is 0 Å². The van der Waals surface area contributed by atoms with Crippen LogP contribution in [0.4, 0.5) is 0 Å². The number of nitrogens with zero attached hydrogens (tertiary/aromatic N) is 3. The summed E-state index contributed by atoms with van der Waals surface area (Å²) in [6.45, 7) is 2.25. The zero-order chi connectivity index (χ0) is 36.0. The smallest absolute Gasteiger partial charge is 0.164 e. The van der Waals surface area contributed by atoms with E-state index in [1.165, 1.54) is 16.7 Å². The first-order valence-electron chi connectivity index (χ1n) is 18.5. The number of benzene rings is 7. The Hall–Kier alpha value is -6.91. The molecule has 9 aromatic rings. The van der Waals surface area contributed by atoms with Crippen molar-refractivity contribution < 1.29 is 4.42 Å². The van der Waals surface area contributed by atoms with E-state index in [1.807, 2.05) is 48.5 Å². The lowest BCUT2D eigenvalue weighted by Crippen LogP contribution is -2.00. The van der Waals surface area contributed by atoms with Gasteiger partial charge in [0, 0.05) is 27.5 Å². The van der Waals surface area contributed by atoms with Crippen LogP contribution in [0, 0.1) is 5.92 Å². The molecule has 54 heavy (non-hydrogen) atoms. The fraction of sp³-hybridized carbons (Fsp3) is 0.0600. The van der Waals surface area contributed by atoms with E-state index in [1.54, 1.807) is 0 Å². The zero-order valence-electron chi connectivity index (χ0n) is 29.8. The Kier molecular flexibility index (Phi) is 7.80. The maximum atomic E-state index is 6.26. The van der Waals surface area contributed by atoms with E-state index in [0.29, 0.717) is 23.4 Å². The molecule has 1 atom stereocenters. The third kappa shape index (κ3) is 5.69. The predicted octanol–water partition coefficient (Wildman–Crippen LogP) is 13.2. The summed E-state index contributed by atoms with van der Waals surface area (Å²) in [5.41, 5.74) is 11.7. The number of rotatable bonds is 6. The fourth-order valence-corrected chi connectivity index (χ4v) is 7.68. The second kappa shape index (κ2) is 13.3. The lowest BCUT2D eigenvalue weighted by Gasteiger charge is -2.14. The molecule has 0 spiro atoms. The third-order valence-electron chi connectivity index (χ3n) is 10.5. The molecule has 0 amide bonds. The number of furan rings is 1. The monoisotopic (exact) mass is 693 g/mol. The van der Waals surface area contributed by atoms with Crippen LogP contribution in [0.1, 0.15) is 18.9 Å². The van der Waals surface area contributed by atoms with Gasteiger partial charge in [0.05, 0.1) is 0 Å². The molecule has 0 radical (unpaired) electrons. The minimum Gasteiger partial charge on any atom is -0.456 e. The first-order chi connectivity index (χ1) is 26.7. The highest BCUT2D eigenvalue weighted by Crippen LogP contribution is 2.41. The Morgan fingerprint density at radius 3 is 1.70 bits per heavy atom. The molecule has 4 nitrogen and oxygen atoms in total. The first kappa shape index (κ1) is 31.8. The fourth-order valence-electron chi connectivity index (χ4n) is 7.68. The van der Waals surface area contributed by atoms with Crippen molar-refractivity contribution in [1.82, 2.24) is 15.0 Å². The standard InChI is InChI=1S/C50H35N3O/c1-32-18-20-33(21-19-32)34-22-24-35(25-23-34)36-26-28-38(29-27-36)49-51-48(37-10-3-2-4-11-37)52-50(53-49)43-31-30-41(39-12-5-6-13-40(39)43)42-15-9-17-46-47(42)44-14-7-8-16-45(44)54-46/h2-18,20-32H,19H2,1H3. The predicted molar refractivity (Wildman–Crippen MR) is 223 cm³/mol. The zero-order valence-corrected chi connectivity index (χ0v) is 29.8. The van der Waals surface area contributed by atoms with Gasteiger partial charge in [-0.1, -0.05) is 165 Å². The van der Waals surface area contributed by atoms with Crippen molar-refractivity contribution >= 4 is 38.3 Å². The van der Waals surface area contributed by atoms with Crippen LogP contribution in [0.5, 0.6) is 0 Å². The van der Waals surface area contributed by atoms with Crippen molar-refractivity contribution in [2.24, 2.45) is 5.92 Å². The number of allylic oxidation sites excluding steroid dienone is 4. The Morgan fingerprint density at radius 1 is 0.444 bits per heavy atom. The molecule has 0 bridgehead atoms. The Balaban J connectivity index is 1.06. The van der Waals surface area contributed by atoms with E-state index in [9.17, 15) is 0 Å². The molecule has 2 heterocycles. The average molecular weight is 694 g/mol. The van der Waals surface area contributed by atoms with Gasteiger partial charge >= 0.3 is 0 Å². The lowest BCUT2D eigenvalue weighted by molar-refractivity contribution is 0.669. The van der Waals surface area contributed by atoms with Crippen molar-refractivity contribution in [2.75, 3.05) is 0 Å². The molecule has 0 saturated heterocycles. The summed E-state index contributed by atoms with van der Waals surface area (Å²) in [6, 6.07) is 54.9. The highest BCUT2D eigenvalue weighted by atomic mass is 16.3. The van der Waals surface area contributed by atoms with E-state index in [0.717, 1.165) is 72.5 Å². The Labute approximate surface area is 313 Å². The quantitative estimate of drug-likeness (QED) is 0.174. The molecule has 0 saturated carbocycles. The normalized spacial score (nSPS) is 14.2. The minimum absolute atomic E-state index is 0.603. The third-order valence-corrected chi connectivity index (χ3v) is 10.5. The second-order valence-corrected chi connectivity index (χ2v) is 14.0. The topological polar surface area (TPSA) is 51.8 Å². The Morgan fingerprint density at radius 2 is 1.00 bits per heavy atom. The molecule has 4 heteroatoms. The van der Waals surface area contributed by atoms with Gasteiger partial charge in [-0.05, 0) is 74.7 Å². The van der Waals surface area contributed by atoms with Gasteiger partial charge in [0.15, 0.2) is 17.5 Å². The van der Waals surface area contributed by atoms with Gasteiger partial charge in [-0.3, -0.25) is 0 Å². The summed E-state index contributed by atoms with van der Waals surface area (Å²) in [5.74, 6) is 2.51. The summed E-state index contributed by atoms with van der Waals surface area (Å²) < 4.78 is 6.26. The number of hydrogen-bond donors (Lipinski definition) is 0. The number of para-hydroxylation sites is 1. The summed E-state index contributed by atoms with van der Waals surface area (Å²) in [6.07, 6.45) is 7.95. The van der Waals surface area contributed by atoms with Crippen LogP contribution in [0.15, 0.2) is 180 Å². The number of fused-ring (bicyclic) bond motifs is 4. The van der Waals surface area contributed by atoms with Crippen LogP contribution in [-0.4, -0.2) is 15.0 Å².